The monoisotopic (exact) mass is 327 g/mol. The van der Waals surface area contributed by atoms with Crippen LogP contribution >= 0.6 is 0 Å². The molecule has 3 heterocycles. The molecule has 126 valence electrons. The van der Waals surface area contributed by atoms with Crippen LogP contribution in [0.1, 0.15) is 11.6 Å². The SMILES string of the molecule is Cc1nnc2n1CCN(C1CN(C(=O)COc3ccccc3)C1)C2. The van der Waals surface area contributed by atoms with E-state index in [4.69, 9.17) is 4.74 Å². The first-order valence-electron chi connectivity index (χ1n) is 8.29. The lowest BCUT2D eigenvalue weighted by molar-refractivity contribution is -0.141. The molecule has 4 rings (SSSR count). The molecule has 0 N–H and O–H groups in total. The van der Waals surface area contributed by atoms with Gasteiger partial charge in [-0.15, -0.1) is 10.2 Å². The Labute approximate surface area is 140 Å². The average molecular weight is 327 g/mol. The lowest BCUT2D eigenvalue weighted by atomic mass is 10.1. The fourth-order valence-electron chi connectivity index (χ4n) is 3.28. The number of ether oxygens (including phenoxy) is 1. The van der Waals surface area contributed by atoms with E-state index in [1.807, 2.05) is 42.2 Å². The van der Waals surface area contributed by atoms with E-state index in [0.29, 0.717) is 6.04 Å². The largest absolute Gasteiger partial charge is 0.484 e. The van der Waals surface area contributed by atoms with Gasteiger partial charge in [0, 0.05) is 32.2 Å². The molecule has 24 heavy (non-hydrogen) atoms. The number of nitrogens with zero attached hydrogens (tertiary/aromatic N) is 5. The van der Waals surface area contributed by atoms with Crippen LogP contribution in [0.15, 0.2) is 30.3 Å². The topological polar surface area (TPSA) is 63.5 Å². The van der Waals surface area contributed by atoms with Crippen molar-refractivity contribution in [2.24, 2.45) is 0 Å². The first kappa shape index (κ1) is 15.1. The number of amides is 1. The second-order valence-electron chi connectivity index (χ2n) is 6.34. The van der Waals surface area contributed by atoms with Crippen molar-refractivity contribution in [3.05, 3.63) is 42.0 Å². The summed E-state index contributed by atoms with van der Waals surface area (Å²) in [6.07, 6.45) is 0. The highest BCUT2D eigenvalue weighted by Gasteiger charge is 2.36. The van der Waals surface area contributed by atoms with Crippen LogP contribution in [0.3, 0.4) is 0 Å². The molecule has 1 aromatic carbocycles. The van der Waals surface area contributed by atoms with E-state index in [2.05, 4.69) is 19.7 Å². The minimum absolute atomic E-state index is 0.0473. The molecule has 0 saturated carbocycles. The summed E-state index contributed by atoms with van der Waals surface area (Å²) >= 11 is 0. The third kappa shape index (κ3) is 2.87. The zero-order valence-corrected chi connectivity index (χ0v) is 13.8. The molecule has 1 amide bonds. The van der Waals surface area contributed by atoms with Crippen molar-refractivity contribution in [3.63, 3.8) is 0 Å². The molecule has 7 heteroatoms. The third-order valence-corrected chi connectivity index (χ3v) is 4.80. The van der Waals surface area contributed by atoms with E-state index in [1.165, 1.54) is 0 Å². The van der Waals surface area contributed by atoms with E-state index < -0.39 is 0 Å². The van der Waals surface area contributed by atoms with Crippen molar-refractivity contribution in [1.29, 1.82) is 0 Å². The van der Waals surface area contributed by atoms with Crippen LogP contribution in [0.4, 0.5) is 0 Å². The van der Waals surface area contributed by atoms with E-state index in [-0.39, 0.29) is 12.5 Å². The number of fused-ring (bicyclic) bond motifs is 1. The van der Waals surface area contributed by atoms with Crippen molar-refractivity contribution in [2.45, 2.75) is 26.1 Å². The number of hydrogen-bond acceptors (Lipinski definition) is 5. The molecule has 1 saturated heterocycles. The molecule has 1 aromatic heterocycles. The Hall–Kier alpha value is -2.41. The lowest BCUT2D eigenvalue weighted by Crippen LogP contribution is -2.62. The summed E-state index contributed by atoms with van der Waals surface area (Å²) in [4.78, 5) is 16.4. The molecule has 2 aliphatic rings. The molecular formula is C17H21N5O2. The predicted octanol–water partition coefficient (Wildman–Crippen LogP) is 0.692. The summed E-state index contributed by atoms with van der Waals surface area (Å²) in [5.74, 6) is 2.78. The Bertz CT molecular complexity index is 724. The Kier molecular flexibility index (Phi) is 3.93. The lowest BCUT2D eigenvalue weighted by Gasteiger charge is -2.46. The zero-order valence-electron chi connectivity index (χ0n) is 13.8. The van der Waals surface area contributed by atoms with Crippen LogP contribution in [0.2, 0.25) is 0 Å². The van der Waals surface area contributed by atoms with Crippen LogP contribution in [0, 0.1) is 6.92 Å². The van der Waals surface area contributed by atoms with Crippen molar-refractivity contribution in [2.75, 3.05) is 26.2 Å². The maximum absolute atomic E-state index is 12.2. The van der Waals surface area contributed by atoms with Gasteiger partial charge in [-0.25, -0.2) is 0 Å². The Balaban J connectivity index is 1.25. The summed E-state index contributed by atoms with van der Waals surface area (Å²) in [6.45, 7) is 6.35. The first-order chi connectivity index (χ1) is 11.7. The number of hydrogen-bond donors (Lipinski definition) is 0. The fraction of sp³-hybridized carbons (Fsp3) is 0.471. The van der Waals surface area contributed by atoms with E-state index >= 15 is 0 Å². The maximum atomic E-state index is 12.2. The normalized spacial score (nSPS) is 18.1. The third-order valence-electron chi connectivity index (χ3n) is 4.80. The number of para-hydroxylation sites is 1. The molecular weight excluding hydrogens is 306 g/mol. The van der Waals surface area contributed by atoms with E-state index in [0.717, 1.165) is 50.1 Å². The van der Waals surface area contributed by atoms with Gasteiger partial charge in [0.15, 0.2) is 6.61 Å². The number of rotatable bonds is 4. The van der Waals surface area contributed by atoms with Crippen molar-refractivity contribution in [3.8, 4) is 5.75 Å². The molecule has 2 aliphatic heterocycles. The summed E-state index contributed by atoms with van der Waals surface area (Å²) < 4.78 is 7.70. The molecule has 7 nitrogen and oxygen atoms in total. The average Bonchev–Trinajstić information content (AvgIpc) is 2.93. The van der Waals surface area contributed by atoms with Crippen LogP contribution in [0.5, 0.6) is 5.75 Å². The van der Waals surface area contributed by atoms with Crippen molar-refractivity contribution >= 4 is 5.91 Å². The summed E-state index contributed by atoms with van der Waals surface area (Å²) in [7, 11) is 0. The zero-order chi connectivity index (χ0) is 16.5. The smallest absolute Gasteiger partial charge is 0.260 e. The molecule has 0 spiro atoms. The summed E-state index contributed by atoms with van der Waals surface area (Å²) in [5.41, 5.74) is 0. The van der Waals surface area contributed by atoms with E-state index in [1.54, 1.807) is 0 Å². The molecule has 1 fully saturated rings. The minimum atomic E-state index is 0.0473. The molecule has 0 unspecified atom stereocenters. The second kappa shape index (κ2) is 6.24. The van der Waals surface area contributed by atoms with Gasteiger partial charge in [-0.05, 0) is 19.1 Å². The second-order valence-corrected chi connectivity index (χ2v) is 6.34. The first-order valence-corrected chi connectivity index (χ1v) is 8.29. The van der Waals surface area contributed by atoms with Gasteiger partial charge in [0.1, 0.15) is 17.4 Å². The van der Waals surface area contributed by atoms with Gasteiger partial charge in [0.05, 0.1) is 6.54 Å². The van der Waals surface area contributed by atoms with E-state index in [9.17, 15) is 4.79 Å². The number of carbonyl (C=O) groups is 1. The van der Waals surface area contributed by atoms with Crippen LogP contribution < -0.4 is 4.74 Å². The van der Waals surface area contributed by atoms with Crippen molar-refractivity contribution in [1.82, 2.24) is 24.6 Å². The predicted molar refractivity (Wildman–Crippen MR) is 87.5 cm³/mol. The molecule has 2 aromatic rings. The number of aromatic nitrogens is 3. The Morgan fingerprint density at radius 1 is 1.21 bits per heavy atom. The van der Waals surface area contributed by atoms with Crippen LogP contribution in [-0.4, -0.2) is 62.8 Å². The number of aryl methyl sites for hydroxylation is 1. The fourth-order valence-corrected chi connectivity index (χ4v) is 3.28. The van der Waals surface area contributed by atoms with Gasteiger partial charge in [-0.3, -0.25) is 9.69 Å². The Morgan fingerprint density at radius 2 is 2.00 bits per heavy atom. The molecule has 0 aliphatic carbocycles. The molecule has 0 radical (unpaired) electrons. The van der Waals surface area contributed by atoms with Crippen LogP contribution in [0.25, 0.3) is 0 Å². The molecule has 0 bridgehead atoms. The highest BCUT2D eigenvalue weighted by Crippen LogP contribution is 2.21. The van der Waals surface area contributed by atoms with Gasteiger partial charge in [-0.2, -0.15) is 0 Å². The highest BCUT2D eigenvalue weighted by molar-refractivity contribution is 5.78. The Morgan fingerprint density at radius 3 is 2.79 bits per heavy atom. The van der Waals surface area contributed by atoms with Crippen LogP contribution in [-0.2, 0) is 17.9 Å². The van der Waals surface area contributed by atoms with Gasteiger partial charge in [0.2, 0.25) is 0 Å². The minimum Gasteiger partial charge on any atom is -0.484 e. The number of benzene rings is 1. The summed E-state index contributed by atoms with van der Waals surface area (Å²) in [6, 6.07) is 9.86. The summed E-state index contributed by atoms with van der Waals surface area (Å²) in [5, 5.41) is 8.37. The quantitative estimate of drug-likeness (QED) is 0.827. The standard InChI is InChI=1S/C17H21N5O2/c1-13-18-19-16-11-20(7-8-22(13)16)14-9-21(10-14)17(23)12-24-15-5-3-2-4-6-15/h2-6,14H,7-12H2,1H3. The molecule has 0 atom stereocenters. The highest BCUT2D eigenvalue weighted by atomic mass is 16.5. The van der Waals surface area contributed by atoms with Gasteiger partial charge < -0.3 is 14.2 Å². The van der Waals surface area contributed by atoms with Gasteiger partial charge in [0.25, 0.3) is 5.91 Å². The number of carbonyl (C=O) groups excluding carboxylic acids is 1. The van der Waals surface area contributed by atoms with Gasteiger partial charge >= 0.3 is 0 Å². The van der Waals surface area contributed by atoms with Crippen molar-refractivity contribution < 1.29 is 9.53 Å². The number of likely N-dealkylation sites (tertiary alicyclic amines) is 1. The maximum Gasteiger partial charge on any atom is 0.260 e. The van der Waals surface area contributed by atoms with Gasteiger partial charge in [-0.1, -0.05) is 18.2 Å².